The van der Waals surface area contributed by atoms with E-state index < -0.39 is 11.5 Å². The minimum atomic E-state index is -1.15. The van der Waals surface area contributed by atoms with Crippen molar-refractivity contribution in [2.75, 3.05) is 0 Å². The predicted molar refractivity (Wildman–Crippen MR) is 54.2 cm³/mol. The Labute approximate surface area is 89.0 Å². The van der Waals surface area contributed by atoms with Crippen molar-refractivity contribution in [1.82, 2.24) is 5.32 Å². The molecule has 2 rings (SSSR count). The van der Waals surface area contributed by atoms with Crippen LogP contribution < -0.4 is 5.32 Å². The summed E-state index contributed by atoms with van der Waals surface area (Å²) in [4.78, 5) is 22.6. The maximum absolute atomic E-state index is 11.8. The third-order valence-corrected chi connectivity index (χ3v) is 3.58. The maximum atomic E-state index is 11.8. The highest BCUT2D eigenvalue weighted by molar-refractivity contribution is 5.87. The molecule has 84 valence electrons. The number of carboxylic acids is 1. The Morgan fingerprint density at radius 1 is 1.20 bits per heavy atom. The zero-order valence-electron chi connectivity index (χ0n) is 9.12. The van der Waals surface area contributed by atoms with Crippen LogP contribution in [-0.4, -0.2) is 22.5 Å². The van der Waals surface area contributed by atoms with Gasteiger partial charge in [-0.25, -0.2) is 4.79 Å². The number of rotatable bonds is 3. The summed E-state index contributed by atoms with van der Waals surface area (Å²) in [7, 11) is 0. The first kappa shape index (κ1) is 10.5. The lowest BCUT2D eigenvalue weighted by atomic mass is 9.99. The summed E-state index contributed by atoms with van der Waals surface area (Å²) < 4.78 is 0. The van der Waals surface area contributed by atoms with E-state index in [1.54, 1.807) is 0 Å². The van der Waals surface area contributed by atoms with E-state index >= 15 is 0 Å². The number of carboxylic acid groups (broad SMARTS) is 1. The molecule has 0 bridgehead atoms. The van der Waals surface area contributed by atoms with Crippen molar-refractivity contribution < 1.29 is 14.7 Å². The van der Waals surface area contributed by atoms with Gasteiger partial charge in [-0.15, -0.1) is 0 Å². The molecule has 4 heteroatoms. The number of hydrogen-bond donors (Lipinski definition) is 2. The summed E-state index contributed by atoms with van der Waals surface area (Å²) in [5, 5.41) is 11.5. The molecule has 4 nitrogen and oxygen atoms in total. The molecule has 1 amide bonds. The molecule has 2 saturated carbocycles. The van der Waals surface area contributed by atoms with Crippen molar-refractivity contribution in [3.05, 3.63) is 0 Å². The van der Waals surface area contributed by atoms with Crippen molar-refractivity contribution in [1.29, 1.82) is 0 Å². The number of nitrogens with one attached hydrogen (secondary N) is 1. The Bertz CT molecular complexity index is 301. The molecule has 0 aromatic carbocycles. The van der Waals surface area contributed by atoms with Crippen LogP contribution in [0.5, 0.6) is 0 Å². The first-order valence-corrected chi connectivity index (χ1v) is 5.45. The fourth-order valence-corrected chi connectivity index (χ4v) is 2.39. The first-order chi connectivity index (χ1) is 6.90. The number of amides is 1. The second kappa shape index (κ2) is 3.22. The lowest BCUT2D eigenvalue weighted by Crippen LogP contribution is -2.51. The Morgan fingerprint density at radius 3 is 2.20 bits per heavy atom. The average molecular weight is 211 g/mol. The van der Waals surface area contributed by atoms with Crippen LogP contribution in [0.1, 0.15) is 33.1 Å². The molecule has 0 heterocycles. The second-order valence-electron chi connectivity index (χ2n) is 5.34. The average Bonchev–Trinajstić information content (AvgIpc) is 2.72. The molecule has 2 unspecified atom stereocenters. The van der Waals surface area contributed by atoms with Gasteiger partial charge in [0.15, 0.2) is 0 Å². The van der Waals surface area contributed by atoms with Crippen LogP contribution in [0.3, 0.4) is 0 Å². The van der Waals surface area contributed by atoms with Gasteiger partial charge in [-0.05, 0) is 44.9 Å². The molecule has 2 aliphatic rings. The minimum Gasteiger partial charge on any atom is -0.480 e. The van der Waals surface area contributed by atoms with Crippen molar-refractivity contribution in [2.24, 2.45) is 17.8 Å². The van der Waals surface area contributed by atoms with E-state index in [1.165, 1.54) is 20.3 Å². The van der Waals surface area contributed by atoms with Gasteiger partial charge in [0.05, 0.1) is 0 Å². The highest BCUT2D eigenvalue weighted by Crippen LogP contribution is 2.54. The molecular formula is C11H17NO3. The Hall–Kier alpha value is -1.06. The van der Waals surface area contributed by atoms with Crippen molar-refractivity contribution in [3.8, 4) is 0 Å². The minimum absolute atomic E-state index is 0.0485. The summed E-state index contributed by atoms with van der Waals surface area (Å²) >= 11 is 0. The molecule has 0 aliphatic heterocycles. The molecule has 2 aliphatic carbocycles. The van der Waals surface area contributed by atoms with E-state index in [-0.39, 0.29) is 11.8 Å². The monoisotopic (exact) mass is 211 g/mol. The molecular weight excluding hydrogens is 194 g/mol. The summed E-state index contributed by atoms with van der Waals surface area (Å²) in [6.45, 7) is 3.03. The molecule has 0 aromatic rings. The van der Waals surface area contributed by atoms with E-state index in [1.807, 2.05) is 0 Å². The van der Waals surface area contributed by atoms with Gasteiger partial charge in [0.1, 0.15) is 5.54 Å². The lowest BCUT2D eigenvalue weighted by Gasteiger charge is -2.23. The lowest BCUT2D eigenvalue weighted by molar-refractivity contribution is -0.146. The number of fused-ring (bicyclic) bond motifs is 1. The van der Waals surface area contributed by atoms with Crippen molar-refractivity contribution >= 4 is 11.9 Å². The van der Waals surface area contributed by atoms with Crippen LogP contribution >= 0.6 is 0 Å². The van der Waals surface area contributed by atoms with Gasteiger partial charge in [-0.2, -0.15) is 0 Å². The Morgan fingerprint density at radius 2 is 1.73 bits per heavy atom. The zero-order chi connectivity index (χ0) is 11.2. The highest BCUT2D eigenvalue weighted by Gasteiger charge is 2.48. The van der Waals surface area contributed by atoms with E-state index in [0.717, 1.165) is 24.7 Å². The molecule has 2 N–H and O–H groups in total. The fourth-order valence-electron chi connectivity index (χ4n) is 2.39. The normalized spacial score (nSPS) is 33.3. The molecule has 15 heavy (non-hydrogen) atoms. The van der Waals surface area contributed by atoms with Gasteiger partial charge in [0, 0.05) is 5.92 Å². The maximum Gasteiger partial charge on any atom is 0.328 e. The van der Waals surface area contributed by atoms with Crippen LogP contribution in [0.2, 0.25) is 0 Å². The predicted octanol–water partition coefficient (Wildman–Crippen LogP) is 1.01. The molecule has 0 spiro atoms. The topological polar surface area (TPSA) is 66.4 Å². The third kappa shape index (κ3) is 1.98. The Balaban J connectivity index is 1.89. The van der Waals surface area contributed by atoms with Crippen LogP contribution in [0.25, 0.3) is 0 Å². The molecule has 2 atom stereocenters. The molecule has 0 aromatic heterocycles. The van der Waals surface area contributed by atoms with E-state index in [2.05, 4.69) is 5.32 Å². The first-order valence-electron chi connectivity index (χ1n) is 5.45. The van der Waals surface area contributed by atoms with Gasteiger partial charge >= 0.3 is 5.97 Å². The Kier molecular flexibility index (Phi) is 2.24. The van der Waals surface area contributed by atoms with Gasteiger partial charge < -0.3 is 10.4 Å². The summed E-state index contributed by atoms with van der Waals surface area (Å²) in [5.41, 5.74) is -1.15. The van der Waals surface area contributed by atoms with Crippen LogP contribution in [0, 0.1) is 17.8 Å². The summed E-state index contributed by atoms with van der Waals surface area (Å²) in [5.74, 6) is 0.461. The van der Waals surface area contributed by atoms with Gasteiger partial charge in [0.25, 0.3) is 0 Å². The summed E-state index contributed by atoms with van der Waals surface area (Å²) in [6.07, 6.45) is 3.17. The molecule has 0 radical (unpaired) electrons. The van der Waals surface area contributed by atoms with Gasteiger partial charge in [-0.1, -0.05) is 0 Å². The second-order valence-corrected chi connectivity index (χ2v) is 5.34. The fraction of sp³-hybridized carbons (Fsp3) is 0.818. The molecule has 0 saturated heterocycles. The zero-order valence-corrected chi connectivity index (χ0v) is 9.12. The van der Waals surface area contributed by atoms with Crippen molar-refractivity contribution in [3.63, 3.8) is 0 Å². The van der Waals surface area contributed by atoms with Crippen LogP contribution in [-0.2, 0) is 9.59 Å². The SMILES string of the molecule is CC(C)(NC(=O)C1CC2CC2C1)C(=O)O. The molecule has 2 fully saturated rings. The number of aliphatic carboxylic acids is 1. The van der Waals surface area contributed by atoms with E-state index in [9.17, 15) is 9.59 Å². The largest absolute Gasteiger partial charge is 0.480 e. The van der Waals surface area contributed by atoms with Crippen LogP contribution in [0.4, 0.5) is 0 Å². The number of carbonyl (C=O) groups excluding carboxylic acids is 1. The van der Waals surface area contributed by atoms with Crippen molar-refractivity contribution in [2.45, 2.75) is 38.6 Å². The summed E-state index contributed by atoms with van der Waals surface area (Å²) in [6, 6.07) is 0. The van der Waals surface area contributed by atoms with E-state index in [4.69, 9.17) is 5.11 Å². The van der Waals surface area contributed by atoms with Gasteiger partial charge in [-0.3, -0.25) is 4.79 Å². The number of hydrogen-bond acceptors (Lipinski definition) is 2. The van der Waals surface area contributed by atoms with E-state index in [0.29, 0.717) is 0 Å². The quantitative estimate of drug-likeness (QED) is 0.732. The highest BCUT2D eigenvalue weighted by atomic mass is 16.4. The van der Waals surface area contributed by atoms with Gasteiger partial charge in [0.2, 0.25) is 5.91 Å². The standard InChI is InChI=1S/C11H17NO3/c1-11(2,10(14)15)12-9(13)8-4-6-3-7(6)5-8/h6-8H,3-5H2,1-2H3,(H,12,13)(H,14,15). The number of carbonyl (C=O) groups is 2. The third-order valence-electron chi connectivity index (χ3n) is 3.58. The smallest absolute Gasteiger partial charge is 0.328 e. The van der Waals surface area contributed by atoms with Crippen LogP contribution in [0.15, 0.2) is 0 Å².